The fourth-order valence-electron chi connectivity index (χ4n) is 7.86. The SMILES string of the molecule is CC(C)(C)[Si](C)(C)O[C@H]1CC[C@](C)([C@H]2CC[C@@]3(C)[C@@H](CCC34OCCO4)[C@@H]2C=O)[C@H](C(=O)O)C1. The van der Waals surface area contributed by atoms with Gasteiger partial charge in [-0.05, 0) is 73.9 Å². The number of ether oxygens (including phenoxy) is 2. The van der Waals surface area contributed by atoms with E-state index in [1.807, 2.05) is 0 Å². The van der Waals surface area contributed by atoms with Crippen molar-refractivity contribution in [1.82, 2.24) is 0 Å². The molecule has 1 saturated heterocycles. The summed E-state index contributed by atoms with van der Waals surface area (Å²) in [5.74, 6) is -1.72. The minimum Gasteiger partial charge on any atom is -0.481 e. The Labute approximate surface area is 206 Å². The highest BCUT2D eigenvalue weighted by molar-refractivity contribution is 6.74. The molecule has 4 fully saturated rings. The Kier molecular flexibility index (Phi) is 6.71. The van der Waals surface area contributed by atoms with Crippen LogP contribution >= 0.6 is 0 Å². The monoisotopic (exact) mass is 494 g/mol. The largest absolute Gasteiger partial charge is 0.481 e. The summed E-state index contributed by atoms with van der Waals surface area (Å²) in [5.41, 5.74) is -0.609. The number of carbonyl (C=O) groups excluding carboxylic acids is 1. The second-order valence-corrected chi connectivity index (χ2v) is 18.3. The molecule has 0 bridgehead atoms. The molecule has 34 heavy (non-hydrogen) atoms. The highest BCUT2D eigenvalue weighted by atomic mass is 28.4. The minimum absolute atomic E-state index is 0.0198. The maximum absolute atomic E-state index is 12.6. The molecule has 0 amide bonds. The van der Waals surface area contributed by atoms with Crippen LogP contribution in [0.25, 0.3) is 0 Å². The van der Waals surface area contributed by atoms with Crippen molar-refractivity contribution in [3.63, 3.8) is 0 Å². The Hall–Kier alpha value is -0.763. The summed E-state index contributed by atoms with van der Waals surface area (Å²) in [6, 6.07) is 0. The molecule has 194 valence electrons. The molecule has 4 rings (SSSR count). The molecular formula is C27H46O6Si. The summed E-state index contributed by atoms with van der Waals surface area (Å²) in [6.07, 6.45) is 6.81. The van der Waals surface area contributed by atoms with E-state index in [0.717, 1.165) is 44.8 Å². The Morgan fingerprint density at radius 1 is 1.03 bits per heavy atom. The number of carboxylic acid groups (broad SMARTS) is 1. The molecule has 3 saturated carbocycles. The maximum atomic E-state index is 12.6. The summed E-state index contributed by atoms with van der Waals surface area (Å²) in [6.45, 7) is 16.8. The average Bonchev–Trinajstić information content (AvgIpc) is 3.33. The molecule has 0 radical (unpaired) electrons. The smallest absolute Gasteiger partial charge is 0.307 e. The maximum Gasteiger partial charge on any atom is 0.307 e. The van der Waals surface area contributed by atoms with E-state index in [1.54, 1.807) is 0 Å². The Morgan fingerprint density at radius 2 is 1.65 bits per heavy atom. The third-order valence-electron chi connectivity index (χ3n) is 11.0. The fourth-order valence-corrected chi connectivity index (χ4v) is 9.27. The molecule has 0 aromatic carbocycles. The van der Waals surface area contributed by atoms with Crippen LogP contribution in [0.15, 0.2) is 0 Å². The number of aldehydes is 1. The van der Waals surface area contributed by atoms with Crippen molar-refractivity contribution in [3.05, 3.63) is 0 Å². The average molecular weight is 495 g/mol. The number of hydrogen-bond acceptors (Lipinski definition) is 5. The normalized spacial score (nSPS) is 42.5. The van der Waals surface area contributed by atoms with Gasteiger partial charge in [-0.1, -0.05) is 34.6 Å². The van der Waals surface area contributed by atoms with Gasteiger partial charge in [0.25, 0.3) is 0 Å². The fraction of sp³-hybridized carbons (Fsp3) is 0.926. The zero-order valence-electron chi connectivity index (χ0n) is 22.3. The van der Waals surface area contributed by atoms with Crippen molar-refractivity contribution in [2.75, 3.05) is 13.2 Å². The van der Waals surface area contributed by atoms with Gasteiger partial charge < -0.3 is 23.8 Å². The molecule has 0 unspecified atom stereocenters. The molecule has 3 aliphatic carbocycles. The summed E-state index contributed by atoms with van der Waals surface area (Å²) in [7, 11) is -1.99. The molecule has 1 N–H and O–H groups in total. The van der Waals surface area contributed by atoms with Gasteiger partial charge in [0.1, 0.15) is 6.29 Å². The van der Waals surface area contributed by atoms with Gasteiger partial charge in [-0.3, -0.25) is 4.79 Å². The van der Waals surface area contributed by atoms with Crippen molar-refractivity contribution >= 4 is 20.6 Å². The predicted molar refractivity (Wildman–Crippen MR) is 133 cm³/mol. The molecule has 4 aliphatic rings. The highest BCUT2D eigenvalue weighted by Crippen LogP contribution is 2.66. The lowest BCUT2D eigenvalue weighted by molar-refractivity contribution is -0.242. The lowest BCUT2D eigenvalue weighted by atomic mass is 9.49. The molecule has 0 aromatic rings. The quantitative estimate of drug-likeness (QED) is 0.393. The van der Waals surface area contributed by atoms with E-state index in [9.17, 15) is 14.7 Å². The number of fused-ring (bicyclic) bond motifs is 2. The van der Waals surface area contributed by atoms with E-state index in [-0.39, 0.29) is 34.3 Å². The van der Waals surface area contributed by atoms with Gasteiger partial charge in [-0.15, -0.1) is 0 Å². The van der Waals surface area contributed by atoms with E-state index in [4.69, 9.17) is 13.9 Å². The first-order chi connectivity index (χ1) is 15.7. The molecule has 7 atom stereocenters. The van der Waals surface area contributed by atoms with Crippen molar-refractivity contribution < 1.29 is 28.6 Å². The molecule has 6 nitrogen and oxygen atoms in total. The van der Waals surface area contributed by atoms with E-state index in [2.05, 4.69) is 47.7 Å². The topological polar surface area (TPSA) is 82.1 Å². The summed E-state index contributed by atoms with van der Waals surface area (Å²) >= 11 is 0. The van der Waals surface area contributed by atoms with Crippen LogP contribution in [0.2, 0.25) is 18.1 Å². The zero-order valence-corrected chi connectivity index (χ0v) is 23.3. The van der Waals surface area contributed by atoms with Gasteiger partial charge >= 0.3 is 5.97 Å². The number of hydrogen-bond donors (Lipinski definition) is 1. The van der Waals surface area contributed by atoms with Crippen LogP contribution in [-0.4, -0.2) is 50.8 Å². The third kappa shape index (κ3) is 3.93. The van der Waals surface area contributed by atoms with Crippen LogP contribution in [0.3, 0.4) is 0 Å². The second kappa shape index (κ2) is 8.67. The second-order valence-electron chi connectivity index (χ2n) is 13.5. The van der Waals surface area contributed by atoms with Crippen LogP contribution in [0.4, 0.5) is 0 Å². The molecule has 1 heterocycles. The first-order valence-electron chi connectivity index (χ1n) is 13.3. The number of aliphatic carboxylic acids is 1. The molecular weight excluding hydrogens is 448 g/mol. The number of carboxylic acids is 1. The van der Waals surface area contributed by atoms with Gasteiger partial charge in [-0.25, -0.2) is 0 Å². The predicted octanol–water partition coefficient (Wildman–Crippen LogP) is 5.65. The van der Waals surface area contributed by atoms with Crippen LogP contribution in [-0.2, 0) is 23.5 Å². The number of carbonyl (C=O) groups is 2. The van der Waals surface area contributed by atoms with E-state index in [1.165, 1.54) is 0 Å². The molecule has 1 spiro atoms. The van der Waals surface area contributed by atoms with Gasteiger partial charge in [0.2, 0.25) is 0 Å². The molecule has 7 heteroatoms. The van der Waals surface area contributed by atoms with Crippen molar-refractivity contribution in [1.29, 1.82) is 0 Å². The Bertz CT molecular complexity index is 799. The van der Waals surface area contributed by atoms with Crippen molar-refractivity contribution in [2.45, 2.75) is 110 Å². The molecule has 1 aliphatic heterocycles. The van der Waals surface area contributed by atoms with E-state index in [0.29, 0.717) is 19.6 Å². The Balaban J connectivity index is 1.57. The van der Waals surface area contributed by atoms with E-state index >= 15 is 0 Å². The first kappa shape index (κ1) is 26.3. The van der Waals surface area contributed by atoms with Crippen LogP contribution in [0.5, 0.6) is 0 Å². The highest BCUT2D eigenvalue weighted by Gasteiger charge is 2.67. The van der Waals surface area contributed by atoms with Crippen LogP contribution in [0.1, 0.15) is 79.6 Å². The first-order valence-corrected chi connectivity index (χ1v) is 16.3. The lowest BCUT2D eigenvalue weighted by Gasteiger charge is -2.56. The van der Waals surface area contributed by atoms with Gasteiger partial charge in [0.05, 0.1) is 19.1 Å². The van der Waals surface area contributed by atoms with E-state index < -0.39 is 31.4 Å². The lowest BCUT2D eigenvalue weighted by Crippen LogP contribution is -2.57. The standard InChI is InChI=1S/C27H46O6Si/c1-24(2,3)34(6,7)33-18-8-11-25(4,22(16-18)23(29)30)20-9-12-26(5)21(19(20)17-28)10-13-27(26)31-14-15-32-27/h17-22H,8-16H2,1-7H3,(H,29,30)/t18-,19+,20-,21-,22-,25+,26-/m0/s1. The third-order valence-corrected chi connectivity index (χ3v) is 15.5. The number of rotatable bonds is 5. The van der Waals surface area contributed by atoms with Crippen molar-refractivity contribution in [3.8, 4) is 0 Å². The van der Waals surface area contributed by atoms with Gasteiger partial charge in [-0.2, -0.15) is 0 Å². The Morgan fingerprint density at radius 3 is 2.21 bits per heavy atom. The summed E-state index contributed by atoms with van der Waals surface area (Å²) in [5, 5.41) is 10.5. The minimum atomic E-state index is -1.99. The van der Waals surface area contributed by atoms with Crippen LogP contribution in [0, 0.1) is 34.5 Å². The summed E-state index contributed by atoms with van der Waals surface area (Å²) in [4.78, 5) is 25.3. The van der Waals surface area contributed by atoms with Gasteiger partial charge in [0, 0.05) is 23.9 Å². The van der Waals surface area contributed by atoms with Crippen molar-refractivity contribution in [2.24, 2.45) is 34.5 Å². The zero-order chi connectivity index (χ0) is 25.2. The summed E-state index contributed by atoms with van der Waals surface area (Å²) < 4.78 is 19.0. The molecule has 0 aromatic heterocycles. The van der Waals surface area contributed by atoms with Gasteiger partial charge in [0.15, 0.2) is 14.1 Å². The van der Waals surface area contributed by atoms with Crippen LogP contribution < -0.4 is 0 Å².